The Kier molecular flexibility index (Phi) is 4.37. The maximum atomic E-state index is 7.06. The summed E-state index contributed by atoms with van der Waals surface area (Å²) in [7, 11) is 0. The van der Waals surface area contributed by atoms with Gasteiger partial charge in [0.15, 0.2) is 11.2 Å². The van der Waals surface area contributed by atoms with Gasteiger partial charge in [0, 0.05) is 6.07 Å². The maximum Gasteiger partial charge on any atom is 0.212 e. The molecular weight excluding hydrogens is 384 g/mol. The fourth-order valence-electron chi connectivity index (χ4n) is 3.65. The van der Waals surface area contributed by atoms with Gasteiger partial charge >= 0.3 is 0 Å². The minimum absolute atomic E-state index is 0.0828. The number of aromatic nitrogens is 1. The molecule has 2 unspecified atom stereocenters. The standard InChI is InChI=1S/C24H18ClN2S/c1-16(24-26-20-12-6-8-14-22(20)28-24)19-15-17-9-5-7-13-21(17)27(23(19)25)18-10-3-2-4-11-18/h2-14,16,23H,1H3/q+1. The maximum absolute atomic E-state index is 7.06. The SMILES string of the molecule is CC(C1=[C+]c2ccccc2N(c2ccccc2)C1Cl)c1nc2ccccc2s1. The molecule has 0 radical (unpaired) electrons. The number of fused-ring (bicyclic) bond motifs is 2. The van der Waals surface area contributed by atoms with Crippen LogP contribution in [0.4, 0.5) is 11.4 Å². The first-order valence-electron chi connectivity index (χ1n) is 9.29. The number of anilines is 2. The van der Waals surface area contributed by atoms with E-state index in [2.05, 4.69) is 60.4 Å². The minimum Gasteiger partial charge on any atom is -0.264 e. The van der Waals surface area contributed by atoms with Crippen LogP contribution in [0.25, 0.3) is 10.2 Å². The Labute approximate surface area is 173 Å². The summed E-state index contributed by atoms with van der Waals surface area (Å²) in [6.45, 7) is 2.17. The molecule has 0 N–H and O–H groups in total. The molecule has 3 aromatic carbocycles. The monoisotopic (exact) mass is 401 g/mol. The third-order valence-electron chi connectivity index (χ3n) is 5.11. The summed E-state index contributed by atoms with van der Waals surface area (Å²) < 4.78 is 1.20. The lowest BCUT2D eigenvalue weighted by Gasteiger charge is -2.31. The van der Waals surface area contributed by atoms with E-state index in [-0.39, 0.29) is 11.4 Å². The second-order valence-electron chi connectivity index (χ2n) is 6.88. The van der Waals surface area contributed by atoms with Crippen LogP contribution < -0.4 is 4.90 Å². The van der Waals surface area contributed by atoms with Gasteiger partial charge in [-0.25, -0.2) is 4.98 Å². The van der Waals surface area contributed by atoms with Crippen LogP contribution in [0, 0.1) is 6.08 Å². The molecule has 0 fully saturated rings. The Hall–Kier alpha value is -2.71. The smallest absolute Gasteiger partial charge is 0.212 e. The molecular formula is C24H18ClN2S+. The van der Waals surface area contributed by atoms with Gasteiger partial charge in [0.1, 0.15) is 5.01 Å². The first kappa shape index (κ1) is 17.4. The van der Waals surface area contributed by atoms with Gasteiger partial charge in [-0.3, -0.25) is 4.90 Å². The van der Waals surface area contributed by atoms with Gasteiger partial charge in [-0.05, 0) is 36.4 Å². The van der Waals surface area contributed by atoms with Crippen LogP contribution in [0.2, 0.25) is 0 Å². The number of nitrogens with zero attached hydrogens (tertiary/aromatic N) is 2. The molecule has 1 aromatic heterocycles. The van der Waals surface area contributed by atoms with E-state index in [0.717, 1.165) is 33.0 Å². The highest BCUT2D eigenvalue weighted by Gasteiger charge is 2.38. The molecule has 4 heteroatoms. The number of para-hydroxylation sites is 3. The summed E-state index contributed by atoms with van der Waals surface area (Å²) in [4.78, 5) is 7.04. The van der Waals surface area contributed by atoms with Crippen LogP contribution in [0.3, 0.4) is 0 Å². The molecule has 0 spiro atoms. The Bertz CT molecular complexity index is 1130. The highest BCUT2D eigenvalue weighted by atomic mass is 35.5. The van der Waals surface area contributed by atoms with Gasteiger partial charge in [-0.2, -0.15) is 0 Å². The molecule has 0 saturated carbocycles. The van der Waals surface area contributed by atoms with Crippen molar-refractivity contribution < 1.29 is 0 Å². The molecule has 1 aliphatic heterocycles. The second-order valence-corrected chi connectivity index (χ2v) is 8.36. The molecule has 2 heterocycles. The van der Waals surface area contributed by atoms with E-state index in [9.17, 15) is 0 Å². The highest BCUT2D eigenvalue weighted by molar-refractivity contribution is 7.18. The highest BCUT2D eigenvalue weighted by Crippen LogP contribution is 2.43. The zero-order chi connectivity index (χ0) is 19.1. The van der Waals surface area contributed by atoms with Crippen LogP contribution in [0.1, 0.15) is 23.4 Å². The molecule has 2 nitrogen and oxygen atoms in total. The van der Waals surface area contributed by atoms with Gasteiger partial charge in [0.05, 0.1) is 39.5 Å². The summed E-state index contributed by atoms with van der Waals surface area (Å²) in [5.74, 6) is 0.0828. The van der Waals surface area contributed by atoms with Crippen molar-refractivity contribution in [1.29, 1.82) is 0 Å². The lowest BCUT2D eigenvalue weighted by Crippen LogP contribution is -2.33. The molecule has 4 aromatic rings. The van der Waals surface area contributed by atoms with E-state index in [1.165, 1.54) is 4.70 Å². The van der Waals surface area contributed by atoms with Crippen molar-refractivity contribution in [3.8, 4) is 0 Å². The molecule has 0 aliphatic carbocycles. The summed E-state index contributed by atoms with van der Waals surface area (Å²) in [5, 5.41) is 1.07. The zero-order valence-corrected chi connectivity index (χ0v) is 16.9. The number of halogens is 1. The lowest BCUT2D eigenvalue weighted by atomic mass is 9.93. The normalized spacial score (nSPS) is 17.0. The van der Waals surface area contributed by atoms with Crippen LogP contribution in [0.5, 0.6) is 0 Å². The Balaban J connectivity index is 1.62. The average molecular weight is 402 g/mol. The summed E-state index contributed by atoms with van der Waals surface area (Å²) in [5.41, 5.74) is 4.98. The van der Waals surface area contributed by atoms with E-state index in [1.807, 2.05) is 36.4 Å². The molecule has 2 atom stereocenters. The van der Waals surface area contributed by atoms with Gasteiger partial charge in [0.25, 0.3) is 0 Å². The summed E-state index contributed by atoms with van der Waals surface area (Å²) >= 11 is 8.79. The fourth-order valence-corrected chi connectivity index (χ4v) is 5.15. The molecule has 0 saturated heterocycles. The number of rotatable bonds is 3. The van der Waals surface area contributed by atoms with E-state index in [1.54, 1.807) is 11.3 Å². The minimum atomic E-state index is -0.320. The van der Waals surface area contributed by atoms with Crippen molar-refractivity contribution in [2.24, 2.45) is 0 Å². The zero-order valence-electron chi connectivity index (χ0n) is 15.3. The average Bonchev–Trinajstić information content (AvgIpc) is 3.18. The number of alkyl halides is 1. The van der Waals surface area contributed by atoms with E-state index >= 15 is 0 Å². The van der Waals surface area contributed by atoms with Gasteiger partial charge in [-0.1, -0.05) is 48.9 Å². The first-order chi connectivity index (χ1) is 13.7. The first-order valence-corrected chi connectivity index (χ1v) is 10.5. The van der Waals surface area contributed by atoms with Crippen LogP contribution in [-0.2, 0) is 0 Å². The molecule has 136 valence electrons. The molecule has 0 bridgehead atoms. The summed E-state index contributed by atoms with van der Waals surface area (Å²) in [6, 6.07) is 26.8. The van der Waals surface area contributed by atoms with Crippen molar-refractivity contribution in [3.63, 3.8) is 0 Å². The topological polar surface area (TPSA) is 16.1 Å². The fraction of sp³-hybridized carbons (Fsp3) is 0.125. The number of benzene rings is 3. The molecule has 5 rings (SSSR count). The Morgan fingerprint density at radius 1 is 0.964 bits per heavy atom. The van der Waals surface area contributed by atoms with Gasteiger partial charge < -0.3 is 0 Å². The van der Waals surface area contributed by atoms with Crippen molar-refractivity contribution in [1.82, 2.24) is 4.98 Å². The van der Waals surface area contributed by atoms with Gasteiger partial charge in [-0.15, -0.1) is 11.3 Å². The largest absolute Gasteiger partial charge is 0.264 e. The van der Waals surface area contributed by atoms with Crippen LogP contribution in [0.15, 0.2) is 84.4 Å². The van der Waals surface area contributed by atoms with E-state index < -0.39 is 0 Å². The number of hydrogen-bond donors (Lipinski definition) is 0. The van der Waals surface area contributed by atoms with Crippen molar-refractivity contribution in [2.75, 3.05) is 4.90 Å². The quantitative estimate of drug-likeness (QED) is 0.211. The Morgan fingerprint density at radius 2 is 1.68 bits per heavy atom. The van der Waals surface area contributed by atoms with Gasteiger partial charge in [0.2, 0.25) is 5.56 Å². The van der Waals surface area contributed by atoms with E-state index in [4.69, 9.17) is 16.6 Å². The van der Waals surface area contributed by atoms with Crippen molar-refractivity contribution in [3.05, 3.63) is 101 Å². The summed E-state index contributed by atoms with van der Waals surface area (Å²) in [6.07, 6.45) is 3.60. The molecule has 0 amide bonds. The third kappa shape index (κ3) is 2.89. The third-order valence-corrected chi connectivity index (χ3v) is 6.76. The molecule has 1 aliphatic rings. The lowest BCUT2D eigenvalue weighted by molar-refractivity contribution is 0.787. The second kappa shape index (κ2) is 7.03. The van der Waals surface area contributed by atoms with Crippen molar-refractivity contribution >= 4 is 44.5 Å². The number of hydrogen-bond acceptors (Lipinski definition) is 3. The predicted molar refractivity (Wildman–Crippen MR) is 119 cm³/mol. The Morgan fingerprint density at radius 3 is 2.50 bits per heavy atom. The van der Waals surface area contributed by atoms with E-state index in [0.29, 0.717) is 0 Å². The molecule has 28 heavy (non-hydrogen) atoms. The number of thiazole rings is 1. The van der Waals surface area contributed by atoms with Crippen molar-refractivity contribution in [2.45, 2.75) is 18.3 Å². The van der Waals surface area contributed by atoms with Crippen LogP contribution >= 0.6 is 22.9 Å². The predicted octanol–water partition coefficient (Wildman–Crippen LogP) is 6.89. The van der Waals surface area contributed by atoms with Crippen LogP contribution in [-0.4, -0.2) is 10.5 Å².